The van der Waals surface area contributed by atoms with E-state index in [-0.39, 0.29) is 25.4 Å². The zero-order valence-corrected chi connectivity index (χ0v) is 10.9. The average molecular weight is 268 g/mol. The van der Waals surface area contributed by atoms with Gasteiger partial charge in [-0.3, -0.25) is 4.79 Å². The summed E-state index contributed by atoms with van der Waals surface area (Å²) in [6.45, 7) is 2.51. The Morgan fingerprint density at radius 1 is 1.41 bits per heavy atom. The van der Waals surface area contributed by atoms with Crippen molar-refractivity contribution in [1.82, 2.24) is 9.44 Å². The zero-order valence-electron chi connectivity index (χ0n) is 10.1. The third-order valence-electron chi connectivity index (χ3n) is 2.07. The number of carboxylic acids is 1. The highest BCUT2D eigenvalue weighted by Crippen LogP contribution is 2.03. The van der Waals surface area contributed by atoms with Crippen molar-refractivity contribution in [2.45, 2.75) is 19.8 Å². The maximum atomic E-state index is 11.4. The molecule has 0 bridgehead atoms. The van der Waals surface area contributed by atoms with Gasteiger partial charge in [0.2, 0.25) is 0 Å². The first-order valence-electron chi connectivity index (χ1n) is 5.32. The third-order valence-corrected chi connectivity index (χ3v) is 3.20. The minimum atomic E-state index is -3.51. The van der Waals surface area contributed by atoms with Gasteiger partial charge in [0.05, 0.1) is 6.61 Å². The second-order valence-corrected chi connectivity index (χ2v) is 5.36. The topological polar surface area (TPSA) is 105 Å². The number of carbonyl (C=O) groups is 1. The molecule has 0 aliphatic carbocycles. The first kappa shape index (κ1) is 16.3. The summed E-state index contributed by atoms with van der Waals surface area (Å²) >= 11 is 0. The van der Waals surface area contributed by atoms with E-state index in [9.17, 15) is 13.2 Å². The standard InChI is InChI=1S/C9H20N2O5S/c1-8(3-4-9(12)13)7-11-17(14,15)10-5-6-16-2/h8,10-11H,3-7H2,1-2H3,(H,12,13). The van der Waals surface area contributed by atoms with Crippen molar-refractivity contribution in [2.75, 3.05) is 26.8 Å². The predicted octanol–water partition coefficient (Wildman–Crippen LogP) is -0.442. The molecule has 0 heterocycles. The van der Waals surface area contributed by atoms with Crippen LogP contribution < -0.4 is 9.44 Å². The number of ether oxygens (including phenoxy) is 1. The van der Waals surface area contributed by atoms with Gasteiger partial charge in [-0.1, -0.05) is 6.92 Å². The van der Waals surface area contributed by atoms with Crippen molar-refractivity contribution in [3.05, 3.63) is 0 Å². The normalized spacial score (nSPS) is 13.5. The zero-order chi connectivity index (χ0) is 13.3. The van der Waals surface area contributed by atoms with Crippen LogP contribution in [0.2, 0.25) is 0 Å². The lowest BCUT2D eigenvalue weighted by Crippen LogP contribution is -2.40. The van der Waals surface area contributed by atoms with Gasteiger partial charge in [-0.05, 0) is 12.3 Å². The summed E-state index contributed by atoms with van der Waals surface area (Å²) in [5, 5.41) is 8.47. The molecular formula is C9H20N2O5S. The van der Waals surface area contributed by atoms with E-state index < -0.39 is 16.2 Å². The lowest BCUT2D eigenvalue weighted by atomic mass is 10.1. The van der Waals surface area contributed by atoms with Gasteiger partial charge < -0.3 is 9.84 Å². The van der Waals surface area contributed by atoms with Gasteiger partial charge in [-0.25, -0.2) is 4.72 Å². The Bertz CT molecular complexity index is 317. The van der Waals surface area contributed by atoms with E-state index in [4.69, 9.17) is 9.84 Å². The molecule has 0 aromatic heterocycles. The predicted molar refractivity (Wildman–Crippen MR) is 62.8 cm³/mol. The van der Waals surface area contributed by atoms with Crippen LogP contribution in [0.15, 0.2) is 0 Å². The van der Waals surface area contributed by atoms with E-state index in [2.05, 4.69) is 9.44 Å². The summed E-state index contributed by atoms with van der Waals surface area (Å²) in [5.74, 6) is -0.900. The Balaban J connectivity index is 3.80. The van der Waals surface area contributed by atoms with Crippen LogP contribution in [-0.4, -0.2) is 46.3 Å². The van der Waals surface area contributed by atoms with Crippen molar-refractivity contribution in [2.24, 2.45) is 5.92 Å². The maximum absolute atomic E-state index is 11.4. The summed E-state index contributed by atoms with van der Waals surface area (Å²) in [6, 6.07) is 0. The van der Waals surface area contributed by atoms with Gasteiger partial charge in [0, 0.05) is 26.6 Å². The molecule has 3 N–H and O–H groups in total. The van der Waals surface area contributed by atoms with Gasteiger partial charge in [-0.2, -0.15) is 13.1 Å². The smallest absolute Gasteiger partial charge is 0.303 e. The first-order chi connectivity index (χ1) is 7.87. The van der Waals surface area contributed by atoms with Gasteiger partial charge >= 0.3 is 5.97 Å². The molecule has 17 heavy (non-hydrogen) atoms. The summed E-state index contributed by atoms with van der Waals surface area (Å²) in [7, 11) is -2.03. The summed E-state index contributed by atoms with van der Waals surface area (Å²) < 4.78 is 32.1. The van der Waals surface area contributed by atoms with Crippen molar-refractivity contribution >= 4 is 16.2 Å². The average Bonchev–Trinajstić information content (AvgIpc) is 2.24. The van der Waals surface area contributed by atoms with E-state index in [0.29, 0.717) is 13.0 Å². The summed E-state index contributed by atoms with van der Waals surface area (Å²) in [4.78, 5) is 10.3. The number of methoxy groups -OCH3 is 1. The summed E-state index contributed by atoms with van der Waals surface area (Å²) in [5.41, 5.74) is 0. The molecule has 0 radical (unpaired) electrons. The molecule has 8 heteroatoms. The number of carboxylic acid groups (broad SMARTS) is 1. The second kappa shape index (κ2) is 8.40. The molecule has 7 nitrogen and oxygen atoms in total. The number of rotatable bonds is 10. The van der Waals surface area contributed by atoms with Gasteiger partial charge in [0.15, 0.2) is 0 Å². The summed E-state index contributed by atoms with van der Waals surface area (Å²) in [6.07, 6.45) is 0.482. The van der Waals surface area contributed by atoms with Crippen molar-refractivity contribution in [3.8, 4) is 0 Å². The number of hydrogen-bond acceptors (Lipinski definition) is 4. The van der Waals surface area contributed by atoms with Crippen LogP contribution in [-0.2, 0) is 19.7 Å². The van der Waals surface area contributed by atoms with E-state index in [1.165, 1.54) is 7.11 Å². The number of nitrogens with one attached hydrogen (secondary N) is 2. The molecule has 0 aliphatic heterocycles. The van der Waals surface area contributed by atoms with Crippen LogP contribution in [0.25, 0.3) is 0 Å². The Labute approximate surface area is 102 Å². The largest absolute Gasteiger partial charge is 0.481 e. The fraction of sp³-hybridized carbons (Fsp3) is 0.889. The Morgan fingerprint density at radius 3 is 2.59 bits per heavy atom. The number of aliphatic carboxylic acids is 1. The molecule has 1 atom stereocenters. The van der Waals surface area contributed by atoms with Crippen LogP contribution >= 0.6 is 0 Å². The lowest BCUT2D eigenvalue weighted by Gasteiger charge is -2.12. The highest BCUT2D eigenvalue weighted by molar-refractivity contribution is 7.87. The van der Waals surface area contributed by atoms with Crippen LogP contribution in [0.3, 0.4) is 0 Å². The van der Waals surface area contributed by atoms with Crippen LogP contribution in [0.5, 0.6) is 0 Å². The van der Waals surface area contributed by atoms with E-state index in [1.54, 1.807) is 6.92 Å². The van der Waals surface area contributed by atoms with Crippen molar-refractivity contribution < 1.29 is 23.1 Å². The molecule has 1 unspecified atom stereocenters. The quantitative estimate of drug-likeness (QED) is 0.466. The molecule has 0 fully saturated rings. The van der Waals surface area contributed by atoms with Crippen LogP contribution in [0.4, 0.5) is 0 Å². The van der Waals surface area contributed by atoms with Crippen LogP contribution in [0.1, 0.15) is 19.8 Å². The van der Waals surface area contributed by atoms with E-state index >= 15 is 0 Å². The minimum Gasteiger partial charge on any atom is -0.481 e. The van der Waals surface area contributed by atoms with Gasteiger partial charge in [0.1, 0.15) is 0 Å². The molecule has 0 aromatic rings. The SMILES string of the molecule is COCCNS(=O)(=O)NCC(C)CCC(=O)O. The highest BCUT2D eigenvalue weighted by atomic mass is 32.2. The second-order valence-electron chi connectivity index (χ2n) is 3.78. The molecule has 0 rings (SSSR count). The molecule has 0 saturated carbocycles. The Kier molecular flexibility index (Phi) is 8.05. The maximum Gasteiger partial charge on any atom is 0.303 e. The molecule has 0 saturated heterocycles. The first-order valence-corrected chi connectivity index (χ1v) is 6.80. The minimum absolute atomic E-state index is 0.0231. The fourth-order valence-electron chi connectivity index (χ4n) is 1.05. The number of hydrogen-bond donors (Lipinski definition) is 3. The molecule has 0 amide bonds. The Hall–Kier alpha value is -0.700. The monoisotopic (exact) mass is 268 g/mol. The highest BCUT2D eigenvalue weighted by Gasteiger charge is 2.11. The lowest BCUT2D eigenvalue weighted by molar-refractivity contribution is -0.137. The molecule has 0 aliphatic rings. The van der Waals surface area contributed by atoms with Crippen molar-refractivity contribution in [3.63, 3.8) is 0 Å². The van der Waals surface area contributed by atoms with E-state index in [0.717, 1.165) is 0 Å². The van der Waals surface area contributed by atoms with Gasteiger partial charge in [-0.15, -0.1) is 0 Å². The van der Waals surface area contributed by atoms with Crippen LogP contribution in [0, 0.1) is 5.92 Å². The van der Waals surface area contributed by atoms with Crippen molar-refractivity contribution in [1.29, 1.82) is 0 Å². The Morgan fingerprint density at radius 2 is 2.06 bits per heavy atom. The third kappa shape index (κ3) is 10.2. The van der Waals surface area contributed by atoms with E-state index in [1.807, 2.05) is 0 Å². The molecular weight excluding hydrogens is 248 g/mol. The molecule has 102 valence electrons. The fourth-order valence-corrected chi connectivity index (χ4v) is 2.01. The molecule has 0 aromatic carbocycles. The van der Waals surface area contributed by atoms with Gasteiger partial charge in [0.25, 0.3) is 10.2 Å². The molecule has 0 spiro atoms.